The van der Waals surface area contributed by atoms with Gasteiger partial charge in [-0.05, 0) is 37.5 Å². The molecule has 0 amide bonds. The van der Waals surface area contributed by atoms with E-state index < -0.39 is 15.3 Å². The van der Waals surface area contributed by atoms with Crippen LogP contribution < -0.4 is 10.5 Å². The lowest BCUT2D eigenvalue weighted by Gasteiger charge is -2.25. The first-order valence-corrected chi connectivity index (χ1v) is 8.20. The Morgan fingerprint density at radius 3 is 2.59 bits per heavy atom. The Labute approximate surface area is 108 Å². The fourth-order valence-corrected chi connectivity index (χ4v) is 5.42. The van der Waals surface area contributed by atoms with Crippen molar-refractivity contribution in [1.82, 2.24) is 4.72 Å². The maximum absolute atomic E-state index is 12.2. The van der Waals surface area contributed by atoms with E-state index in [0.29, 0.717) is 12.3 Å². The van der Waals surface area contributed by atoms with E-state index in [1.807, 2.05) is 0 Å². The fourth-order valence-electron chi connectivity index (χ4n) is 3.26. The molecule has 3 N–H and O–H groups in total. The number of hydrogen-bond donors (Lipinski definition) is 2. The number of hydrogen-bond acceptors (Lipinski definition) is 3. The molecule has 2 saturated carbocycles. The molecular formula is C11H20N2O2S2. The third-order valence-corrected chi connectivity index (χ3v) is 6.52. The molecule has 4 nitrogen and oxygen atoms in total. The summed E-state index contributed by atoms with van der Waals surface area (Å²) < 4.78 is 27.1. The van der Waals surface area contributed by atoms with Gasteiger partial charge in [0.05, 0.1) is 4.99 Å². The van der Waals surface area contributed by atoms with Crippen LogP contribution in [0.3, 0.4) is 0 Å². The van der Waals surface area contributed by atoms with E-state index in [4.69, 9.17) is 18.0 Å². The van der Waals surface area contributed by atoms with Crippen LogP contribution in [0.1, 0.15) is 39.0 Å². The van der Waals surface area contributed by atoms with Gasteiger partial charge < -0.3 is 5.73 Å². The zero-order chi connectivity index (χ0) is 12.6. The standard InChI is InChI=1S/C11H20N2O2S2/c1-2-10(11(12)16)17(14,15)13-9-6-7-3-4-8(9)5-7/h7-10,13H,2-6H2,1H3,(H2,12,16). The second-order valence-corrected chi connectivity index (χ2v) is 7.61. The highest BCUT2D eigenvalue weighted by Crippen LogP contribution is 2.44. The van der Waals surface area contributed by atoms with Crippen molar-refractivity contribution in [3.05, 3.63) is 0 Å². The van der Waals surface area contributed by atoms with Crippen molar-refractivity contribution in [2.24, 2.45) is 17.6 Å². The van der Waals surface area contributed by atoms with Crippen molar-refractivity contribution in [2.45, 2.75) is 50.3 Å². The van der Waals surface area contributed by atoms with Gasteiger partial charge in [0, 0.05) is 6.04 Å². The molecule has 0 spiro atoms. The molecule has 4 unspecified atom stereocenters. The number of sulfonamides is 1. The highest BCUT2D eigenvalue weighted by molar-refractivity contribution is 7.93. The van der Waals surface area contributed by atoms with Crippen LogP contribution in [-0.4, -0.2) is 24.7 Å². The average molecular weight is 276 g/mol. The Hall–Kier alpha value is -0.200. The lowest BCUT2D eigenvalue weighted by Crippen LogP contribution is -2.47. The van der Waals surface area contributed by atoms with E-state index in [1.54, 1.807) is 6.92 Å². The lowest BCUT2D eigenvalue weighted by atomic mass is 9.96. The average Bonchev–Trinajstić information content (AvgIpc) is 2.77. The number of thiocarbonyl (C=S) groups is 1. The summed E-state index contributed by atoms with van der Waals surface area (Å²) in [4.78, 5) is 0.0724. The minimum Gasteiger partial charge on any atom is -0.392 e. The van der Waals surface area contributed by atoms with Crippen LogP contribution in [0.2, 0.25) is 0 Å². The van der Waals surface area contributed by atoms with E-state index in [0.717, 1.165) is 18.8 Å². The van der Waals surface area contributed by atoms with E-state index in [1.165, 1.54) is 12.8 Å². The summed E-state index contributed by atoms with van der Waals surface area (Å²) >= 11 is 4.83. The first-order chi connectivity index (χ1) is 7.94. The molecule has 0 heterocycles. The van der Waals surface area contributed by atoms with Gasteiger partial charge in [0.15, 0.2) is 0 Å². The fraction of sp³-hybridized carbons (Fsp3) is 0.909. The van der Waals surface area contributed by atoms with Gasteiger partial charge >= 0.3 is 0 Å². The summed E-state index contributed by atoms with van der Waals surface area (Å²) in [5.74, 6) is 1.25. The van der Waals surface area contributed by atoms with Crippen molar-refractivity contribution in [1.29, 1.82) is 0 Å². The van der Waals surface area contributed by atoms with Crippen molar-refractivity contribution >= 4 is 27.2 Å². The second kappa shape index (κ2) is 4.82. The first kappa shape index (κ1) is 13.2. The van der Waals surface area contributed by atoms with Crippen LogP contribution in [0.4, 0.5) is 0 Å². The second-order valence-electron chi connectivity index (χ2n) is 5.24. The van der Waals surface area contributed by atoms with Crippen LogP contribution in [0.5, 0.6) is 0 Å². The quantitative estimate of drug-likeness (QED) is 0.739. The van der Waals surface area contributed by atoms with E-state index in [9.17, 15) is 8.42 Å². The van der Waals surface area contributed by atoms with Crippen LogP contribution in [-0.2, 0) is 10.0 Å². The Morgan fingerprint density at radius 1 is 1.47 bits per heavy atom. The van der Waals surface area contributed by atoms with E-state index in [2.05, 4.69) is 4.72 Å². The third-order valence-electron chi connectivity index (χ3n) is 4.12. The molecule has 0 radical (unpaired) electrons. The molecule has 0 aromatic carbocycles. The third kappa shape index (κ3) is 2.63. The summed E-state index contributed by atoms with van der Waals surface area (Å²) in [6.07, 6.45) is 5.01. The number of nitrogens with one attached hydrogen (secondary N) is 1. The van der Waals surface area contributed by atoms with Crippen molar-refractivity contribution in [3.8, 4) is 0 Å². The van der Waals surface area contributed by atoms with Crippen LogP contribution in [0.25, 0.3) is 0 Å². The molecule has 2 aliphatic carbocycles. The van der Waals surface area contributed by atoms with Crippen LogP contribution >= 0.6 is 12.2 Å². The smallest absolute Gasteiger partial charge is 0.221 e. The molecule has 2 bridgehead atoms. The molecule has 2 aliphatic rings. The van der Waals surface area contributed by atoms with E-state index >= 15 is 0 Å². The van der Waals surface area contributed by atoms with Crippen molar-refractivity contribution < 1.29 is 8.42 Å². The molecule has 6 heteroatoms. The predicted molar refractivity (Wildman–Crippen MR) is 72.2 cm³/mol. The maximum atomic E-state index is 12.2. The zero-order valence-electron chi connectivity index (χ0n) is 10.1. The SMILES string of the molecule is CCC(C(N)=S)S(=O)(=O)NC1CC2CCC1C2. The summed E-state index contributed by atoms with van der Waals surface area (Å²) in [5, 5.41) is -0.725. The molecule has 0 aliphatic heterocycles. The zero-order valence-corrected chi connectivity index (χ0v) is 11.7. The Bertz CT molecular complexity index is 408. The Balaban J connectivity index is 2.04. The minimum atomic E-state index is -3.39. The molecule has 98 valence electrons. The number of rotatable bonds is 5. The van der Waals surface area contributed by atoms with Gasteiger partial charge in [-0.15, -0.1) is 0 Å². The largest absolute Gasteiger partial charge is 0.392 e. The maximum Gasteiger partial charge on any atom is 0.221 e. The van der Waals surface area contributed by atoms with Gasteiger partial charge in [-0.2, -0.15) is 0 Å². The topological polar surface area (TPSA) is 72.2 Å². The highest BCUT2D eigenvalue weighted by Gasteiger charge is 2.42. The van der Waals surface area contributed by atoms with Gasteiger partial charge in [-0.25, -0.2) is 13.1 Å². The van der Waals surface area contributed by atoms with Crippen molar-refractivity contribution in [3.63, 3.8) is 0 Å². The van der Waals surface area contributed by atoms with E-state index in [-0.39, 0.29) is 11.0 Å². The van der Waals surface area contributed by atoms with Gasteiger partial charge in [-0.1, -0.05) is 25.6 Å². The Morgan fingerprint density at radius 2 is 2.18 bits per heavy atom. The summed E-state index contributed by atoms with van der Waals surface area (Å²) in [5.41, 5.74) is 5.50. The minimum absolute atomic E-state index is 0.0724. The lowest BCUT2D eigenvalue weighted by molar-refractivity contribution is 0.389. The highest BCUT2D eigenvalue weighted by atomic mass is 32.2. The molecule has 4 atom stereocenters. The molecule has 17 heavy (non-hydrogen) atoms. The van der Waals surface area contributed by atoms with Crippen molar-refractivity contribution in [2.75, 3.05) is 0 Å². The Kier molecular flexibility index (Phi) is 3.75. The van der Waals surface area contributed by atoms with Gasteiger partial charge in [-0.3, -0.25) is 0 Å². The summed E-state index contributed by atoms with van der Waals surface area (Å²) in [7, 11) is -3.39. The van der Waals surface area contributed by atoms with Crippen LogP contribution in [0.15, 0.2) is 0 Å². The van der Waals surface area contributed by atoms with Crippen LogP contribution in [0, 0.1) is 11.8 Å². The van der Waals surface area contributed by atoms with Gasteiger partial charge in [0.25, 0.3) is 0 Å². The molecular weight excluding hydrogens is 256 g/mol. The van der Waals surface area contributed by atoms with Gasteiger partial charge in [0.2, 0.25) is 10.0 Å². The molecule has 0 saturated heterocycles. The molecule has 2 fully saturated rings. The molecule has 0 aromatic heterocycles. The number of fused-ring (bicyclic) bond motifs is 2. The molecule has 0 aromatic rings. The monoisotopic (exact) mass is 276 g/mol. The number of nitrogens with two attached hydrogens (primary N) is 1. The first-order valence-electron chi connectivity index (χ1n) is 6.24. The molecule has 2 rings (SSSR count). The van der Waals surface area contributed by atoms with Gasteiger partial charge in [0.1, 0.15) is 5.25 Å². The predicted octanol–water partition coefficient (Wildman–Crippen LogP) is 1.16. The summed E-state index contributed by atoms with van der Waals surface area (Å²) in [6.45, 7) is 1.80. The normalized spacial score (nSPS) is 33.8. The summed E-state index contributed by atoms with van der Waals surface area (Å²) in [6, 6.07) is 0.113.